The van der Waals surface area contributed by atoms with Gasteiger partial charge in [0.05, 0.1) is 24.2 Å². The van der Waals surface area contributed by atoms with Crippen LogP contribution in [0.5, 0.6) is 0 Å². The molecule has 0 aliphatic rings. The van der Waals surface area contributed by atoms with Gasteiger partial charge in [0.25, 0.3) is 0 Å². The lowest BCUT2D eigenvalue weighted by Gasteiger charge is -2.21. The topological polar surface area (TPSA) is 102 Å². The van der Waals surface area contributed by atoms with Crippen molar-refractivity contribution in [2.45, 2.75) is 23.9 Å². The molecule has 1 aromatic rings. The first kappa shape index (κ1) is 16.1. The predicted octanol–water partition coefficient (Wildman–Crippen LogP) is -0.00810. The molecule has 0 aliphatic carbocycles. The summed E-state index contributed by atoms with van der Waals surface area (Å²) in [4.78, 5) is 0.0749. The van der Waals surface area contributed by atoms with Crippen LogP contribution in [0.2, 0.25) is 0 Å². The fourth-order valence-electron chi connectivity index (χ4n) is 1.77. The van der Waals surface area contributed by atoms with Crippen LogP contribution >= 0.6 is 0 Å². The van der Waals surface area contributed by atoms with E-state index < -0.39 is 10.0 Å². The van der Waals surface area contributed by atoms with Gasteiger partial charge < -0.3 is 15.2 Å². The first-order valence-corrected chi connectivity index (χ1v) is 7.41. The maximum absolute atomic E-state index is 11.3. The largest absolute Gasteiger partial charge is 0.395 e. The number of hydrogen-bond donors (Lipinski definition) is 3. The van der Waals surface area contributed by atoms with E-state index in [1.165, 1.54) is 12.1 Å². The zero-order valence-electron chi connectivity index (χ0n) is 11.0. The van der Waals surface area contributed by atoms with Crippen LogP contribution in [0.15, 0.2) is 29.2 Å². The molecule has 0 aromatic heterocycles. The van der Waals surface area contributed by atoms with E-state index in [4.69, 9.17) is 9.88 Å². The summed E-state index contributed by atoms with van der Waals surface area (Å²) >= 11 is 0. The number of aliphatic hydroxyl groups excluding tert-OH is 1. The Morgan fingerprint density at radius 1 is 1.47 bits per heavy atom. The number of methoxy groups -OCH3 is 1. The molecule has 2 atom stereocenters. The van der Waals surface area contributed by atoms with Gasteiger partial charge in [-0.1, -0.05) is 12.1 Å². The summed E-state index contributed by atoms with van der Waals surface area (Å²) < 4.78 is 27.5. The van der Waals surface area contributed by atoms with E-state index in [0.717, 1.165) is 5.56 Å². The lowest BCUT2D eigenvalue weighted by atomic mass is 10.1. The summed E-state index contributed by atoms with van der Waals surface area (Å²) in [5.74, 6) is 0. The van der Waals surface area contributed by atoms with Crippen LogP contribution in [-0.2, 0) is 14.8 Å². The summed E-state index contributed by atoms with van der Waals surface area (Å²) in [7, 11) is -2.15. The molecule has 2 unspecified atom stereocenters. The summed E-state index contributed by atoms with van der Waals surface area (Å²) in [6.45, 7) is 2.18. The van der Waals surface area contributed by atoms with Crippen LogP contribution in [0.4, 0.5) is 0 Å². The maximum atomic E-state index is 11.3. The van der Waals surface area contributed by atoms with E-state index in [1.807, 2.05) is 6.92 Å². The number of primary sulfonamides is 1. The van der Waals surface area contributed by atoms with Crippen LogP contribution in [0.3, 0.4) is 0 Å². The molecule has 0 fully saturated rings. The molecule has 1 aromatic carbocycles. The van der Waals surface area contributed by atoms with E-state index >= 15 is 0 Å². The van der Waals surface area contributed by atoms with Gasteiger partial charge in [-0.3, -0.25) is 0 Å². The lowest BCUT2D eigenvalue weighted by molar-refractivity contribution is 0.123. The molecule has 6 nitrogen and oxygen atoms in total. The Morgan fingerprint density at radius 3 is 2.68 bits per heavy atom. The van der Waals surface area contributed by atoms with Crippen molar-refractivity contribution in [2.75, 3.05) is 20.3 Å². The Labute approximate surface area is 113 Å². The van der Waals surface area contributed by atoms with Crippen LogP contribution in [0, 0.1) is 0 Å². The average Bonchev–Trinajstić information content (AvgIpc) is 2.37. The standard InChI is InChI=1S/C12H20N2O4S/c1-9(14-11(7-15)8-18-2)10-4-3-5-12(6-10)19(13,16)17/h3-6,9,11,14-15H,7-8H2,1-2H3,(H2,13,16,17). The number of hydrogen-bond acceptors (Lipinski definition) is 5. The van der Waals surface area contributed by atoms with Gasteiger partial charge in [0.2, 0.25) is 10.0 Å². The fourth-order valence-corrected chi connectivity index (χ4v) is 2.33. The third kappa shape index (κ3) is 4.88. The van der Waals surface area contributed by atoms with Crippen molar-refractivity contribution in [1.29, 1.82) is 0 Å². The number of ether oxygens (including phenoxy) is 1. The van der Waals surface area contributed by atoms with Crippen molar-refractivity contribution >= 4 is 10.0 Å². The van der Waals surface area contributed by atoms with Crippen molar-refractivity contribution in [3.05, 3.63) is 29.8 Å². The molecule has 19 heavy (non-hydrogen) atoms. The SMILES string of the molecule is COCC(CO)NC(C)c1cccc(S(N)(=O)=O)c1. The molecule has 0 amide bonds. The monoisotopic (exact) mass is 288 g/mol. The Morgan fingerprint density at radius 2 is 2.16 bits per heavy atom. The normalized spacial score (nSPS) is 15.2. The minimum Gasteiger partial charge on any atom is -0.395 e. The molecule has 0 radical (unpaired) electrons. The van der Waals surface area contributed by atoms with Crippen molar-refractivity contribution in [3.8, 4) is 0 Å². The molecule has 0 saturated carbocycles. The minimum atomic E-state index is -3.70. The Hall–Kier alpha value is -0.990. The second kappa shape index (κ2) is 6.97. The number of sulfonamides is 1. The van der Waals surface area contributed by atoms with E-state index in [1.54, 1.807) is 19.2 Å². The van der Waals surface area contributed by atoms with E-state index in [9.17, 15) is 13.5 Å². The number of nitrogens with two attached hydrogens (primary N) is 1. The number of nitrogens with one attached hydrogen (secondary N) is 1. The lowest BCUT2D eigenvalue weighted by Crippen LogP contribution is -2.38. The average molecular weight is 288 g/mol. The molecular weight excluding hydrogens is 268 g/mol. The highest BCUT2D eigenvalue weighted by Crippen LogP contribution is 2.17. The van der Waals surface area contributed by atoms with Crippen LogP contribution in [-0.4, -0.2) is 39.9 Å². The highest BCUT2D eigenvalue weighted by atomic mass is 32.2. The van der Waals surface area contributed by atoms with Crippen LogP contribution in [0.25, 0.3) is 0 Å². The fraction of sp³-hybridized carbons (Fsp3) is 0.500. The van der Waals surface area contributed by atoms with Crippen LogP contribution in [0.1, 0.15) is 18.5 Å². The minimum absolute atomic E-state index is 0.0624. The summed E-state index contributed by atoms with van der Waals surface area (Å²) in [6, 6.07) is 6.07. The van der Waals surface area contributed by atoms with Gasteiger partial charge in [0, 0.05) is 13.2 Å². The maximum Gasteiger partial charge on any atom is 0.238 e. The smallest absolute Gasteiger partial charge is 0.238 e. The van der Waals surface area contributed by atoms with Crippen molar-refractivity contribution in [1.82, 2.24) is 5.32 Å². The van der Waals surface area contributed by atoms with Crippen molar-refractivity contribution in [3.63, 3.8) is 0 Å². The number of aliphatic hydroxyl groups is 1. The molecule has 4 N–H and O–H groups in total. The molecule has 0 bridgehead atoms. The molecular formula is C12H20N2O4S. The number of benzene rings is 1. The van der Waals surface area contributed by atoms with Gasteiger partial charge in [-0.05, 0) is 24.6 Å². The Bertz CT molecular complexity index is 504. The zero-order valence-corrected chi connectivity index (χ0v) is 11.9. The first-order valence-electron chi connectivity index (χ1n) is 5.87. The molecule has 0 saturated heterocycles. The van der Waals surface area contributed by atoms with Crippen LogP contribution < -0.4 is 10.5 Å². The van der Waals surface area contributed by atoms with Gasteiger partial charge in [-0.15, -0.1) is 0 Å². The predicted molar refractivity (Wildman–Crippen MR) is 72.1 cm³/mol. The molecule has 108 valence electrons. The highest BCUT2D eigenvalue weighted by molar-refractivity contribution is 7.89. The highest BCUT2D eigenvalue weighted by Gasteiger charge is 2.15. The van der Waals surface area contributed by atoms with Crippen molar-refractivity contribution < 1.29 is 18.3 Å². The van der Waals surface area contributed by atoms with E-state index in [0.29, 0.717) is 6.61 Å². The van der Waals surface area contributed by atoms with Gasteiger partial charge in [0.15, 0.2) is 0 Å². The van der Waals surface area contributed by atoms with E-state index in [-0.39, 0.29) is 23.6 Å². The molecule has 0 aliphatic heterocycles. The number of rotatable bonds is 7. The van der Waals surface area contributed by atoms with E-state index in [2.05, 4.69) is 5.32 Å². The summed E-state index contributed by atoms with van der Waals surface area (Å²) in [6.07, 6.45) is 0. The Balaban J connectivity index is 2.85. The molecule has 0 spiro atoms. The molecule has 1 rings (SSSR count). The first-order chi connectivity index (χ1) is 8.88. The second-order valence-corrected chi connectivity index (χ2v) is 5.90. The van der Waals surface area contributed by atoms with Gasteiger partial charge in [0.1, 0.15) is 0 Å². The quantitative estimate of drug-likeness (QED) is 0.655. The zero-order chi connectivity index (χ0) is 14.5. The van der Waals surface area contributed by atoms with Gasteiger partial charge in [-0.25, -0.2) is 13.6 Å². The third-order valence-electron chi connectivity index (χ3n) is 2.76. The molecule has 0 heterocycles. The van der Waals surface area contributed by atoms with Gasteiger partial charge in [-0.2, -0.15) is 0 Å². The second-order valence-electron chi connectivity index (χ2n) is 4.34. The summed E-state index contributed by atoms with van der Waals surface area (Å²) in [5.41, 5.74) is 0.779. The Kier molecular flexibility index (Phi) is 5.89. The third-order valence-corrected chi connectivity index (χ3v) is 3.67. The summed E-state index contributed by atoms with van der Waals surface area (Å²) in [5, 5.41) is 17.4. The van der Waals surface area contributed by atoms with Gasteiger partial charge >= 0.3 is 0 Å². The molecule has 7 heteroatoms. The van der Waals surface area contributed by atoms with Crippen molar-refractivity contribution in [2.24, 2.45) is 5.14 Å².